The highest BCUT2D eigenvalue weighted by Gasteiger charge is 2.42. The largest absolute Gasteiger partial charge is 0.493 e. The van der Waals surface area contributed by atoms with Gasteiger partial charge in [0.1, 0.15) is 5.70 Å². The summed E-state index contributed by atoms with van der Waals surface area (Å²) in [6.45, 7) is 6.37. The molecule has 2 amide bonds. The van der Waals surface area contributed by atoms with Crippen LogP contribution in [0.2, 0.25) is 0 Å². The molecule has 0 aliphatic carbocycles. The zero-order chi connectivity index (χ0) is 22.7. The van der Waals surface area contributed by atoms with Crippen molar-refractivity contribution in [2.24, 2.45) is 0 Å². The van der Waals surface area contributed by atoms with E-state index in [4.69, 9.17) is 9.47 Å². The Morgan fingerprint density at radius 3 is 2.34 bits per heavy atom. The molecule has 2 aliphatic rings. The van der Waals surface area contributed by atoms with Crippen molar-refractivity contribution < 1.29 is 19.1 Å². The number of imide groups is 1. The highest BCUT2D eigenvalue weighted by Crippen LogP contribution is 2.37. The van der Waals surface area contributed by atoms with Crippen molar-refractivity contribution in [2.45, 2.75) is 13.5 Å². The normalized spacial score (nSPS) is 17.3. The van der Waals surface area contributed by atoms with Gasteiger partial charge in [-0.2, -0.15) is 0 Å². The highest BCUT2D eigenvalue weighted by atomic mass is 16.5. The Bertz CT molecular complexity index is 1030. The van der Waals surface area contributed by atoms with Crippen LogP contribution in [0, 0.1) is 0 Å². The van der Waals surface area contributed by atoms with E-state index < -0.39 is 0 Å². The molecule has 168 valence electrons. The average molecular weight is 437 g/mol. The van der Waals surface area contributed by atoms with Crippen LogP contribution in [-0.2, 0) is 16.1 Å². The number of rotatable bonds is 7. The number of amides is 2. The van der Waals surface area contributed by atoms with Crippen molar-refractivity contribution in [1.29, 1.82) is 0 Å². The van der Waals surface area contributed by atoms with Gasteiger partial charge in [0.05, 0.1) is 26.3 Å². The van der Waals surface area contributed by atoms with Crippen LogP contribution >= 0.6 is 0 Å². The predicted molar refractivity (Wildman–Crippen MR) is 120 cm³/mol. The minimum Gasteiger partial charge on any atom is -0.493 e. The molecule has 2 aromatic rings. The van der Waals surface area contributed by atoms with Crippen LogP contribution in [0.25, 0.3) is 5.57 Å². The van der Waals surface area contributed by atoms with E-state index in [1.165, 1.54) is 4.90 Å². The van der Waals surface area contributed by atoms with Crippen LogP contribution in [0.1, 0.15) is 18.1 Å². The van der Waals surface area contributed by atoms with Crippen molar-refractivity contribution in [1.82, 2.24) is 19.7 Å². The standard InChI is InChI=1S/C24H28N4O4/c1-4-26-10-12-27(13-11-26)22-21(18-7-8-19(31-2)20(14-18)32-3)23(29)28(24(22)30)16-17-6-5-9-25-15-17/h5-9,14-15H,4,10-13,16H2,1-3H3. The lowest BCUT2D eigenvalue weighted by Crippen LogP contribution is -2.47. The molecule has 0 unspecified atom stereocenters. The van der Waals surface area contributed by atoms with Crippen molar-refractivity contribution in [3.63, 3.8) is 0 Å². The molecule has 0 atom stereocenters. The molecule has 0 spiro atoms. The fourth-order valence-corrected chi connectivity index (χ4v) is 4.21. The maximum atomic E-state index is 13.6. The van der Waals surface area contributed by atoms with E-state index in [0.29, 0.717) is 41.4 Å². The van der Waals surface area contributed by atoms with Gasteiger partial charge in [0.2, 0.25) is 0 Å². The number of likely N-dealkylation sites (N-methyl/N-ethyl adjacent to an activating group) is 1. The number of aromatic nitrogens is 1. The summed E-state index contributed by atoms with van der Waals surface area (Å²) in [5.74, 6) is 0.505. The van der Waals surface area contributed by atoms with E-state index in [-0.39, 0.29) is 18.4 Å². The van der Waals surface area contributed by atoms with Gasteiger partial charge in [-0.1, -0.05) is 19.1 Å². The van der Waals surface area contributed by atoms with E-state index >= 15 is 0 Å². The third kappa shape index (κ3) is 4.05. The molecule has 8 nitrogen and oxygen atoms in total. The third-order valence-electron chi connectivity index (χ3n) is 6.01. The lowest BCUT2D eigenvalue weighted by Gasteiger charge is -2.36. The molecule has 0 N–H and O–H groups in total. The second-order valence-corrected chi connectivity index (χ2v) is 7.77. The molecule has 8 heteroatoms. The number of hydrogen-bond acceptors (Lipinski definition) is 7. The predicted octanol–water partition coefficient (Wildman–Crippen LogP) is 2.02. The average Bonchev–Trinajstić information content (AvgIpc) is 3.09. The van der Waals surface area contributed by atoms with E-state index in [1.54, 1.807) is 50.9 Å². The van der Waals surface area contributed by atoms with Crippen LogP contribution in [0.15, 0.2) is 48.4 Å². The lowest BCUT2D eigenvalue weighted by atomic mass is 10.0. The van der Waals surface area contributed by atoms with Gasteiger partial charge < -0.3 is 19.3 Å². The van der Waals surface area contributed by atoms with Gasteiger partial charge in [-0.25, -0.2) is 0 Å². The summed E-state index contributed by atoms with van der Waals surface area (Å²) >= 11 is 0. The molecule has 3 heterocycles. The Hall–Kier alpha value is -3.39. The summed E-state index contributed by atoms with van der Waals surface area (Å²) in [6.07, 6.45) is 3.34. The zero-order valence-electron chi connectivity index (χ0n) is 18.7. The maximum Gasteiger partial charge on any atom is 0.278 e. The van der Waals surface area contributed by atoms with Gasteiger partial charge in [-0.15, -0.1) is 0 Å². The maximum absolute atomic E-state index is 13.6. The number of nitrogens with zero attached hydrogens (tertiary/aromatic N) is 4. The first-order valence-electron chi connectivity index (χ1n) is 10.8. The fraction of sp³-hybridized carbons (Fsp3) is 0.375. The van der Waals surface area contributed by atoms with Crippen LogP contribution in [0.3, 0.4) is 0 Å². The molecule has 0 bridgehead atoms. The lowest BCUT2D eigenvalue weighted by molar-refractivity contribution is -0.138. The van der Waals surface area contributed by atoms with E-state index in [0.717, 1.165) is 25.2 Å². The second-order valence-electron chi connectivity index (χ2n) is 7.77. The second kappa shape index (κ2) is 9.40. The Kier molecular flexibility index (Phi) is 6.41. The monoisotopic (exact) mass is 436 g/mol. The number of hydrogen-bond donors (Lipinski definition) is 0. The first kappa shape index (κ1) is 21.8. The molecule has 1 saturated heterocycles. The smallest absolute Gasteiger partial charge is 0.278 e. The minimum absolute atomic E-state index is 0.181. The number of carbonyl (C=O) groups excluding carboxylic acids is 2. The summed E-state index contributed by atoms with van der Waals surface area (Å²) in [7, 11) is 3.12. The highest BCUT2D eigenvalue weighted by molar-refractivity contribution is 6.35. The quantitative estimate of drug-likeness (QED) is 0.615. The topological polar surface area (TPSA) is 75.2 Å². The third-order valence-corrected chi connectivity index (χ3v) is 6.01. The molecule has 1 aromatic carbocycles. The molecule has 1 aromatic heterocycles. The Morgan fingerprint density at radius 1 is 0.969 bits per heavy atom. The molecule has 4 rings (SSSR count). The Balaban J connectivity index is 1.74. The fourth-order valence-electron chi connectivity index (χ4n) is 4.21. The van der Waals surface area contributed by atoms with Crippen LogP contribution in [0.5, 0.6) is 11.5 Å². The van der Waals surface area contributed by atoms with Crippen molar-refractivity contribution in [2.75, 3.05) is 46.9 Å². The van der Waals surface area contributed by atoms with Crippen molar-refractivity contribution in [3.8, 4) is 11.5 Å². The van der Waals surface area contributed by atoms with Gasteiger partial charge in [0.15, 0.2) is 11.5 Å². The Morgan fingerprint density at radius 2 is 1.72 bits per heavy atom. The van der Waals surface area contributed by atoms with Gasteiger partial charge in [-0.05, 0) is 35.9 Å². The molecular formula is C24H28N4O4. The summed E-state index contributed by atoms with van der Waals surface area (Å²) in [4.78, 5) is 36.9. The number of benzene rings is 1. The number of carbonyl (C=O) groups is 2. The number of piperazine rings is 1. The molecule has 0 saturated carbocycles. The van der Waals surface area contributed by atoms with Gasteiger partial charge in [0, 0.05) is 38.6 Å². The van der Waals surface area contributed by atoms with Crippen LogP contribution in [0.4, 0.5) is 0 Å². The summed E-state index contributed by atoms with van der Waals surface area (Å²) in [6, 6.07) is 8.98. The zero-order valence-corrected chi connectivity index (χ0v) is 18.7. The van der Waals surface area contributed by atoms with E-state index in [2.05, 4.69) is 16.8 Å². The van der Waals surface area contributed by atoms with Crippen molar-refractivity contribution in [3.05, 3.63) is 59.5 Å². The number of pyridine rings is 1. The molecule has 1 fully saturated rings. The molecule has 2 aliphatic heterocycles. The van der Waals surface area contributed by atoms with Crippen molar-refractivity contribution >= 4 is 17.4 Å². The molecule has 32 heavy (non-hydrogen) atoms. The first-order valence-corrected chi connectivity index (χ1v) is 10.8. The van der Waals surface area contributed by atoms with Gasteiger partial charge in [0.25, 0.3) is 11.8 Å². The van der Waals surface area contributed by atoms with Crippen LogP contribution in [-0.4, -0.2) is 78.4 Å². The first-order chi connectivity index (χ1) is 15.6. The van der Waals surface area contributed by atoms with E-state index in [1.807, 2.05) is 11.0 Å². The molecular weight excluding hydrogens is 408 g/mol. The number of ether oxygens (including phenoxy) is 2. The van der Waals surface area contributed by atoms with Gasteiger partial charge >= 0.3 is 0 Å². The molecule has 0 radical (unpaired) electrons. The summed E-state index contributed by atoms with van der Waals surface area (Å²) in [5, 5.41) is 0. The van der Waals surface area contributed by atoms with Crippen LogP contribution < -0.4 is 9.47 Å². The SMILES string of the molecule is CCN1CCN(C2=C(c3ccc(OC)c(OC)c3)C(=O)N(Cc3cccnc3)C2=O)CC1. The summed E-state index contributed by atoms with van der Waals surface area (Å²) in [5.41, 5.74) is 2.31. The number of methoxy groups -OCH3 is 2. The van der Waals surface area contributed by atoms with E-state index in [9.17, 15) is 9.59 Å². The minimum atomic E-state index is -0.306. The summed E-state index contributed by atoms with van der Waals surface area (Å²) < 4.78 is 10.8. The Labute approximate surface area is 188 Å². The van der Waals surface area contributed by atoms with Gasteiger partial charge in [-0.3, -0.25) is 19.5 Å².